The van der Waals surface area contributed by atoms with E-state index >= 15 is 0 Å². The minimum atomic E-state index is 0.0423. The second-order valence-electron chi connectivity index (χ2n) is 5.41. The number of carbonyl (C=O) groups excluding carboxylic acids is 1. The molecule has 2 unspecified atom stereocenters. The van der Waals surface area contributed by atoms with Crippen LogP contribution in [0.3, 0.4) is 0 Å². The van der Waals surface area contributed by atoms with Gasteiger partial charge in [0.25, 0.3) is 0 Å². The Morgan fingerprint density at radius 2 is 2.00 bits per heavy atom. The zero-order valence-corrected chi connectivity index (χ0v) is 11.1. The maximum Gasteiger partial charge on any atom is 0.239 e. The molecule has 0 aromatic heterocycles. The molecular formula is C12H24N4O. The first-order chi connectivity index (χ1) is 8.08. The summed E-state index contributed by atoms with van der Waals surface area (Å²) in [5.74, 6) is 0.247. The molecule has 5 nitrogen and oxygen atoms in total. The van der Waals surface area contributed by atoms with Crippen LogP contribution in [0.15, 0.2) is 0 Å². The van der Waals surface area contributed by atoms with Crippen molar-refractivity contribution in [3.8, 4) is 0 Å². The summed E-state index contributed by atoms with van der Waals surface area (Å²) in [6.07, 6.45) is 0.946. The van der Waals surface area contributed by atoms with Gasteiger partial charge in [-0.25, -0.2) is 0 Å². The Hall–Kier alpha value is -0.650. The van der Waals surface area contributed by atoms with Gasteiger partial charge in [-0.15, -0.1) is 0 Å². The third kappa shape index (κ3) is 2.97. The largest absolute Gasteiger partial charge is 0.344 e. The molecule has 0 aromatic carbocycles. The predicted octanol–water partition coefficient (Wildman–Crippen LogP) is -0.947. The Morgan fingerprint density at radius 3 is 2.65 bits per heavy atom. The van der Waals surface area contributed by atoms with Crippen molar-refractivity contribution in [1.29, 1.82) is 0 Å². The van der Waals surface area contributed by atoms with Crippen molar-refractivity contribution in [2.24, 2.45) is 0 Å². The van der Waals surface area contributed by atoms with Crippen molar-refractivity contribution in [3.63, 3.8) is 0 Å². The molecule has 2 atom stereocenters. The molecular weight excluding hydrogens is 216 g/mol. The Kier molecular flexibility index (Phi) is 4.01. The van der Waals surface area contributed by atoms with Crippen molar-refractivity contribution in [1.82, 2.24) is 20.0 Å². The molecule has 2 saturated heterocycles. The maximum atomic E-state index is 11.8. The van der Waals surface area contributed by atoms with E-state index in [1.54, 1.807) is 0 Å². The molecule has 2 aliphatic rings. The smallest absolute Gasteiger partial charge is 0.239 e. The van der Waals surface area contributed by atoms with Crippen LogP contribution in [0.4, 0.5) is 0 Å². The van der Waals surface area contributed by atoms with Crippen LogP contribution in [0.25, 0.3) is 0 Å². The van der Waals surface area contributed by atoms with Gasteiger partial charge in [-0.3, -0.25) is 9.69 Å². The summed E-state index contributed by atoms with van der Waals surface area (Å²) in [5.41, 5.74) is 0. The fraction of sp³-hybridized carbons (Fsp3) is 0.917. The Balaban J connectivity index is 1.79. The van der Waals surface area contributed by atoms with E-state index in [0.717, 1.165) is 39.1 Å². The average Bonchev–Trinajstić information content (AvgIpc) is 2.62. The highest BCUT2D eigenvalue weighted by atomic mass is 16.2. The summed E-state index contributed by atoms with van der Waals surface area (Å²) >= 11 is 0. The molecule has 1 N–H and O–H groups in total. The lowest BCUT2D eigenvalue weighted by molar-refractivity contribution is -0.128. The van der Waals surface area contributed by atoms with Crippen LogP contribution >= 0.6 is 0 Å². The van der Waals surface area contributed by atoms with Crippen LogP contribution in [-0.2, 0) is 4.79 Å². The fourth-order valence-corrected chi connectivity index (χ4v) is 2.61. The maximum absolute atomic E-state index is 11.8. The third-order valence-corrected chi connectivity index (χ3v) is 4.01. The molecule has 0 spiro atoms. The SMILES string of the molecule is CN1CCN(C)C(CNC2CCN(C)C2=O)C1. The lowest BCUT2D eigenvalue weighted by atomic mass is 10.1. The van der Waals surface area contributed by atoms with E-state index < -0.39 is 0 Å². The summed E-state index contributed by atoms with van der Waals surface area (Å²) in [6, 6.07) is 0.563. The van der Waals surface area contributed by atoms with Crippen LogP contribution in [-0.4, -0.2) is 86.6 Å². The minimum Gasteiger partial charge on any atom is -0.344 e. The molecule has 0 radical (unpaired) electrons. The lowest BCUT2D eigenvalue weighted by Gasteiger charge is -2.38. The molecule has 2 fully saturated rings. The molecule has 98 valence electrons. The summed E-state index contributed by atoms with van der Waals surface area (Å²) < 4.78 is 0. The van der Waals surface area contributed by atoms with E-state index in [-0.39, 0.29) is 11.9 Å². The molecule has 1 amide bonds. The Bertz CT molecular complexity index is 284. The van der Waals surface area contributed by atoms with Crippen molar-refractivity contribution in [2.45, 2.75) is 18.5 Å². The molecule has 5 heteroatoms. The Labute approximate surface area is 104 Å². The van der Waals surface area contributed by atoms with Crippen LogP contribution in [0.2, 0.25) is 0 Å². The molecule has 0 saturated carbocycles. The summed E-state index contributed by atoms with van der Waals surface area (Å²) in [5, 5.41) is 3.42. The van der Waals surface area contributed by atoms with Crippen molar-refractivity contribution >= 4 is 5.91 Å². The van der Waals surface area contributed by atoms with E-state index in [4.69, 9.17) is 0 Å². The van der Waals surface area contributed by atoms with Gasteiger partial charge in [0.1, 0.15) is 0 Å². The monoisotopic (exact) mass is 240 g/mol. The molecule has 0 bridgehead atoms. The number of likely N-dealkylation sites (N-methyl/N-ethyl adjacent to an activating group) is 3. The van der Waals surface area contributed by atoms with Gasteiger partial charge in [-0.05, 0) is 20.5 Å². The molecule has 17 heavy (non-hydrogen) atoms. The molecule has 0 aromatic rings. The van der Waals surface area contributed by atoms with Gasteiger partial charge in [0.15, 0.2) is 0 Å². The van der Waals surface area contributed by atoms with Crippen LogP contribution < -0.4 is 5.32 Å². The number of amides is 1. The normalized spacial score (nSPS) is 32.4. The number of likely N-dealkylation sites (tertiary alicyclic amines) is 1. The third-order valence-electron chi connectivity index (χ3n) is 4.01. The lowest BCUT2D eigenvalue weighted by Crippen LogP contribution is -2.55. The molecule has 2 rings (SSSR count). The fourth-order valence-electron chi connectivity index (χ4n) is 2.61. The second kappa shape index (κ2) is 5.33. The average molecular weight is 240 g/mol. The van der Waals surface area contributed by atoms with Gasteiger partial charge in [0.05, 0.1) is 6.04 Å². The van der Waals surface area contributed by atoms with Crippen molar-refractivity contribution in [3.05, 3.63) is 0 Å². The highest BCUT2D eigenvalue weighted by Gasteiger charge is 2.30. The quantitative estimate of drug-likeness (QED) is 0.690. The molecule has 2 aliphatic heterocycles. The molecule has 2 heterocycles. The van der Waals surface area contributed by atoms with Gasteiger partial charge >= 0.3 is 0 Å². The first kappa shape index (κ1) is 12.8. The highest BCUT2D eigenvalue weighted by molar-refractivity contribution is 5.83. The topological polar surface area (TPSA) is 38.8 Å². The standard InChI is InChI=1S/C12H24N4O/c1-14-6-7-15(2)10(9-14)8-13-11-4-5-16(3)12(11)17/h10-11,13H,4-9H2,1-3H3. The van der Waals surface area contributed by atoms with Gasteiger partial charge in [0, 0.05) is 45.8 Å². The van der Waals surface area contributed by atoms with Crippen molar-refractivity contribution < 1.29 is 4.79 Å². The summed E-state index contributed by atoms with van der Waals surface area (Å²) in [4.78, 5) is 18.3. The number of nitrogens with zero attached hydrogens (tertiary/aromatic N) is 3. The van der Waals surface area contributed by atoms with E-state index in [1.807, 2.05) is 11.9 Å². The van der Waals surface area contributed by atoms with Crippen LogP contribution in [0.1, 0.15) is 6.42 Å². The van der Waals surface area contributed by atoms with Crippen LogP contribution in [0.5, 0.6) is 0 Å². The number of hydrogen-bond acceptors (Lipinski definition) is 4. The van der Waals surface area contributed by atoms with Crippen LogP contribution in [0, 0.1) is 0 Å². The number of rotatable bonds is 3. The van der Waals surface area contributed by atoms with E-state index in [2.05, 4.69) is 29.2 Å². The van der Waals surface area contributed by atoms with E-state index in [9.17, 15) is 4.79 Å². The highest BCUT2D eigenvalue weighted by Crippen LogP contribution is 2.10. The summed E-state index contributed by atoms with van der Waals surface area (Å²) in [6.45, 7) is 5.13. The predicted molar refractivity (Wildman–Crippen MR) is 68.0 cm³/mol. The van der Waals surface area contributed by atoms with E-state index in [1.165, 1.54) is 0 Å². The summed E-state index contributed by atoms with van der Waals surface area (Å²) in [7, 11) is 6.21. The van der Waals surface area contributed by atoms with Gasteiger partial charge in [-0.2, -0.15) is 0 Å². The number of carbonyl (C=O) groups is 1. The van der Waals surface area contributed by atoms with Gasteiger partial charge < -0.3 is 15.1 Å². The number of nitrogens with one attached hydrogen (secondary N) is 1. The second-order valence-corrected chi connectivity index (χ2v) is 5.41. The van der Waals surface area contributed by atoms with Crippen molar-refractivity contribution in [2.75, 3.05) is 53.9 Å². The zero-order valence-electron chi connectivity index (χ0n) is 11.1. The number of hydrogen-bond donors (Lipinski definition) is 1. The van der Waals surface area contributed by atoms with Gasteiger partial charge in [-0.1, -0.05) is 0 Å². The van der Waals surface area contributed by atoms with E-state index in [0.29, 0.717) is 6.04 Å². The first-order valence-electron chi connectivity index (χ1n) is 6.45. The van der Waals surface area contributed by atoms with Gasteiger partial charge in [0.2, 0.25) is 5.91 Å². The minimum absolute atomic E-state index is 0.0423. The number of piperazine rings is 1. The molecule has 0 aliphatic carbocycles. The zero-order chi connectivity index (χ0) is 12.4. The Morgan fingerprint density at radius 1 is 1.24 bits per heavy atom. The first-order valence-corrected chi connectivity index (χ1v) is 6.45.